The van der Waals surface area contributed by atoms with Gasteiger partial charge in [-0.15, -0.1) is 0 Å². The molecule has 122 valence electrons. The van der Waals surface area contributed by atoms with Crippen LogP contribution in [0.3, 0.4) is 0 Å². The first-order valence-electron chi connectivity index (χ1n) is 8.41. The molecule has 24 heavy (non-hydrogen) atoms. The van der Waals surface area contributed by atoms with E-state index in [0.717, 1.165) is 49.9 Å². The lowest BCUT2D eigenvalue weighted by molar-refractivity contribution is 0.227. The number of rotatable bonds is 4. The fraction of sp³-hybridized carbons (Fsp3) is 0.250. The van der Waals surface area contributed by atoms with E-state index >= 15 is 0 Å². The maximum Gasteiger partial charge on any atom is 0.209 e. The van der Waals surface area contributed by atoms with Crippen LogP contribution in [0.25, 0.3) is 11.3 Å². The van der Waals surface area contributed by atoms with Gasteiger partial charge in [0, 0.05) is 37.4 Å². The molecule has 1 aliphatic rings. The molecule has 2 heterocycles. The lowest BCUT2D eigenvalue weighted by atomic mass is 10.2. The Kier molecular flexibility index (Phi) is 4.30. The Morgan fingerprint density at radius 1 is 0.833 bits per heavy atom. The number of oxazole rings is 1. The second kappa shape index (κ2) is 6.89. The lowest BCUT2D eigenvalue weighted by Crippen LogP contribution is -2.46. The summed E-state index contributed by atoms with van der Waals surface area (Å²) < 4.78 is 5.92. The largest absolute Gasteiger partial charge is 0.439 e. The number of anilines is 1. The zero-order chi connectivity index (χ0) is 16.2. The van der Waals surface area contributed by atoms with Crippen LogP contribution in [0.4, 0.5) is 5.69 Å². The van der Waals surface area contributed by atoms with Crippen LogP contribution in [0.5, 0.6) is 0 Å². The SMILES string of the molecule is c1ccc(-c2cnc(CN3CCN(c4ccccc4)CC3)o2)cc1. The second-order valence-electron chi connectivity index (χ2n) is 6.08. The van der Waals surface area contributed by atoms with Gasteiger partial charge in [0.25, 0.3) is 0 Å². The predicted octanol–water partition coefficient (Wildman–Crippen LogP) is 3.66. The van der Waals surface area contributed by atoms with E-state index in [1.54, 1.807) is 0 Å². The van der Waals surface area contributed by atoms with Crippen molar-refractivity contribution in [3.05, 3.63) is 72.8 Å². The van der Waals surface area contributed by atoms with Gasteiger partial charge in [0.15, 0.2) is 5.76 Å². The van der Waals surface area contributed by atoms with E-state index in [1.165, 1.54) is 5.69 Å². The topological polar surface area (TPSA) is 32.5 Å². The molecule has 0 radical (unpaired) electrons. The molecule has 4 heteroatoms. The van der Waals surface area contributed by atoms with E-state index in [4.69, 9.17) is 4.42 Å². The van der Waals surface area contributed by atoms with Crippen molar-refractivity contribution in [2.45, 2.75) is 6.54 Å². The Bertz CT molecular complexity index is 762. The molecule has 0 atom stereocenters. The molecule has 1 aromatic heterocycles. The molecule has 1 saturated heterocycles. The van der Waals surface area contributed by atoms with Crippen molar-refractivity contribution in [2.24, 2.45) is 0 Å². The Labute approximate surface area is 142 Å². The molecule has 0 N–H and O–H groups in total. The molecule has 4 rings (SSSR count). The van der Waals surface area contributed by atoms with E-state index in [9.17, 15) is 0 Å². The van der Waals surface area contributed by atoms with Crippen LogP contribution in [0.15, 0.2) is 71.3 Å². The van der Waals surface area contributed by atoms with Crippen LogP contribution in [0.2, 0.25) is 0 Å². The van der Waals surface area contributed by atoms with Crippen molar-refractivity contribution in [1.29, 1.82) is 0 Å². The van der Waals surface area contributed by atoms with Crippen molar-refractivity contribution in [3.8, 4) is 11.3 Å². The van der Waals surface area contributed by atoms with Gasteiger partial charge in [0.2, 0.25) is 5.89 Å². The van der Waals surface area contributed by atoms with Crippen LogP contribution >= 0.6 is 0 Å². The first-order chi connectivity index (χ1) is 11.9. The van der Waals surface area contributed by atoms with Crippen LogP contribution in [0.1, 0.15) is 5.89 Å². The van der Waals surface area contributed by atoms with E-state index in [-0.39, 0.29) is 0 Å². The molecule has 0 amide bonds. The number of para-hydroxylation sites is 1. The second-order valence-corrected chi connectivity index (χ2v) is 6.08. The summed E-state index contributed by atoms with van der Waals surface area (Å²) in [5.74, 6) is 1.63. The van der Waals surface area contributed by atoms with Crippen LogP contribution in [-0.2, 0) is 6.54 Å². The Balaban J connectivity index is 1.35. The number of benzene rings is 2. The summed E-state index contributed by atoms with van der Waals surface area (Å²) in [6.45, 7) is 4.90. The minimum absolute atomic E-state index is 0.773. The highest BCUT2D eigenvalue weighted by Gasteiger charge is 2.19. The molecular formula is C20H21N3O. The Morgan fingerprint density at radius 2 is 1.50 bits per heavy atom. The monoisotopic (exact) mass is 319 g/mol. The zero-order valence-corrected chi connectivity index (χ0v) is 13.6. The van der Waals surface area contributed by atoms with Crippen molar-refractivity contribution in [3.63, 3.8) is 0 Å². The maximum atomic E-state index is 5.92. The van der Waals surface area contributed by atoms with Crippen molar-refractivity contribution in [2.75, 3.05) is 31.1 Å². The Hall–Kier alpha value is -2.59. The number of piperazine rings is 1. The van der Waals surface area contributed by atoms with Gasteiger partial charge in [-0.05, 0) is 12.1 Å². The van der Waals surface area contributed by atoms with Crippen molar-refractivity contribution < 1.29 is 4.42 Å². The molecule has 4 nitrogen and oxygen atoms in total. The zero-order valence-electron chi connectivity index (χ0n) is 13.6. The average Bonchev–Trinajstić information content (AvgIpc) is 3.12. The highest BCUT2D eigenvalue weighted by atomic mass is 16.4. The third kappa shape index (κ3) is 3.34. The number of nitrogens with zero attached hydrogens (tertiary/aromatic N) is 3. The molecule has 0 bridgehead atoms. The molecule has 2 aromatic carbocycles. The summed E-state index contributed by atoms with van der Waals surface area (Å²) in [6, 6.07) is 20.7. The lowest BCUT2D eigenvalue weighted by Gasteiger charge is -2.35. The van der Waals surface area contributed by atoms with Crippen LogP contribution in [0, 0.1) is 0 Å². The van der Waals surface area contributed by atoms with Gasteiger partial charge in [-0.3, -0.25) is 4.90 Å². The molecule has 1 aliphatic heterocycles. The van der Waals surface area contributed by atoms with E-state index in [1.807, 2.05) is 36.5 Å². The molecule has 0 saturated carbocycles. The summed E-state index contributed by atoms with van der Waals surface area (Å²) in [6.07, 6.45) is 1.82. The molecule has 0 aliphatic carbocycles. The highest BCUT2D eigenvalue weighted by molar-refractivity contribution is 5.55. The first kappa shape index (κ1) is 15.0. The van der Waals surface area contributed by atoms with Gasteiger partial charge in [-0.1, -0.05) is 48.5 Å². The summed E-state index contributed by atoms with van der Waals surface area (Å²) in [5.41, 5.74) is 2.38. The van der Waals surface area contributed by atoms with Crippen molar-refractivity contribution >= 4 is 5.69 Å². The first-order valence-corrected chi connectivity index (χ1v) is 8.41. The summed E-state index contributed by atoms with van der Waals surface area (Å²) in [7, 11) is 0. The molecule has 0 unspecified atom stereocenters. The predicted molar refractivity (Wildman–Crippen MR) is 95.9 cm³/mol. The summed E-state index contributed by atoms with van der Waals surface area (Å²) >= 11 is 0. The van der Waals surface area contributed by atoms with Gasteiger partial charge < -0.3 is 9.32 Å². The van der Waals surface area contributed by atoms with Crippen molar-refractivity contribution in [1.82, 2.24) is 9.88 Å². The smallest absolute Gasteiger partial charge is 0.209 e. The highest BCUT2D eigenvalue weighted by Crippen LogP contribution is 2.21. The molecule has 3 aromatic rings. The van der Waals surface area contributed by atoms with Crippen LogP contribution < -0.4 is 4.90 Å². The fourth-order valence-corrected chi connectivity index (χ4v) is 3.11. The third-order valence-electron chi connectivity index (χ3n) is 4.46. The van der Waals surface area contributed by atoms with Gasteiger partial charge in [0.1, 0.15) is 0 Å². The minimum Gasteiger partial charge on any atom is -0.439 e. The Morgan fingerprint density at radius 3 is 2.21 bits per heavy atom. The van der Waals surface area contributed by atoms with E-state index in [2.05, 4.69) is 45.1 Å². The number of hydrogen-bond donors (Lipinski definition) is 0. The normalized spacial score (nSPS) is 15.6. The van der Waals surface area contributed by atoms with E-state index < -0.39 is 0 Å². The van der Waals surface area contributed by atoms with Crippen LogP contribution in [-0.4, -0.2) is 36.1 Å². The van der Waals surface area contributed by atoms with Gasteiger partial charge >= 0.3 is 0 Å². The van der Waals surface area contributed by atoms with E-state index in [0.29, 0.717) is 0 Å². The third-order valence-corrected chi connectivity index (χ3v) is 4.46. The summed E-state index contributed by atoms with van der Waals surface area (Å²) in [4.78, 5) is 9.28. The fourth-order valence-electron chi connectivity index (χ4n) is 3.11. The standard InChI is InChI=1S/C20H21N3O/c1-3-7-17(8-4-1)19-15-21-20(24-19)16-22-11-13-23(14-12-22)18-9-5-2-6-10-18/h1-10,15H,11-14,16H2. The molecule has 0 spiro atoms. The van der Waals surface area contributed by atoms with Gasteiger partial charge in [-0.2, -0.15) is 0 Å². The van der Waals surface area contributed by atoms with Gasteiger partial charge in [0.05, 0.1) is 12.7 Å². The summed E-state index contributed by atoms with van der Waals surface area (Å²) in [5, 5.41) is 0. The quantitative estimate of drug-likeness (QED) is 0.734. The number of aromatic nitrogens is 1. The minimum atomic E-state index is 0.773. The molecular weight excluding hydrogens is 298 g/mol. The molecule has 1 fully saturated rings. The maximum absolute atomic E-state index is 5.92. The average molecular weight is 319 g/mol. The number of hydrogen-bond acceptors (Lipinski definition) is 4. The van der Waals surface area contributed by atoms with Gasteiger partial charge in [-0.25, -0.2) is 4.98 Å².